The first-order valence-corrected chi connectivity index (χ1v) is 11.3. The molecule has 0 aliphatic heterocycles. The van der Waals surface area contributed by atoms with Gasteiger partial charge in [-0.3, -0.25) is 0 Å². The Hall–Kier alpha value is -4.88. The van der Waals surface area contributed by atoms with E-state index in [0.29, 0.717) is 17.9 Å². The van der Waals surface area contributed by atoms with E-state index in [4.69, 9.17) is 10.5 Å². The Morgan fingerprint density at radius 2 is 1.31 bits per heavy atom. The number of nitrogens with zero attached hydrogens (tertiary/aromatic N) is 2. The Morgan fingerprint density at radius 1 is 0.686 bits per heavy atom. The lowest BCUT2D eigenvalue weighted by Crippen LogP contribution is -2.00. The maximum absolute atomic E-state index is 9.80. The van der Waals surface area contributed by atoms with Crippen LogP contribution in [0.2, 0.25) is 0 Å². The summed E-state index contributed by atoms with van der Waals surface area (Å²) in [5, 5.41) is 9.80. The van der Waals surface area contributed by atoms with Crippen molar-refractivity contribution < 1.29 is 4.74 Å². The van der Waals surface area contributed by atoms with Gasteiger partial charge in [-0.05, 0) is 40.5 Å². The van der Waals surface area contributed by atoms with E-state index in [1.165, 1.54) is 0 Å². The summed E-state index contributed by atoms with van der Waals surface area (Å²) < 4.78 is 6.00. The fourth-order valence-electron chi connectivity index (χ4n) is 4.02. The Labute approximate surface area is 204 Å². The molecular formula is C31H23N3O. The molecule has 1 aromatic heterocycles. The number of ether oxygens (including phenoxy) is 1. The van der Waals surface area contributed by atoms with E-state index >= 15 is 0 Å². The highest BCUT2D eigenvalue weighted by Crippen LogP contribution is 2.33. The molecule has 0 saturated carbocycles. The zero-order valence-electron chi connectivity index (χ0n) is 19.1. The van der Waals surface area contributed by atoms with E-state index in [9.17, 15) is 5.26 Å². The molecule has 0 unspecified atom stereocenters. The molecule has 4 nitrogen and oxygen atoms in total. The quantitative estimate of drug-likeness (QED) is 0.297. The predicted octanol–water partition coefficient (Wildman–Crippen LogP) is 7.12. The molecule has 0 fully saturated rings. The van der Waals surface area contributed by atoms with Crippen molar-refractivity contribution >= 4 is 5.82 Å². The SMILES string of the molecule is N#Cc1c(-c2cccc(OCc3ccccc3)c2)cc(-c2ccc(-c3ccccc3)cc2)nc1N. The van der Waals surface area contributed by atoms with Crippen molar-refractivity contribution in [2.75, 3.05) is 5.73 Å². The highest BCUT2D eigenvalue weighted by atomic mass is 16.5. The van der Waals surface area contributed by atoms with Gasteiger partial charge in [0.25, 0.3) is 0 Å². The number of hydrogen-bond acceptors (Lipinski definition) is 4. The van der Waals surface area contributed by atoms with E-state index in [-0.39, 0.29) is 5.82 Å². The van der Waals surface area contributed by atoms with Gasteiger partial charge in [-0.25, -0.2) is 4.98 Å². The molecule has 0 aliphatic rings. The molecule has 0 spiro atoms. The maximum Gasteiger partial charge on any atom is 0.142 e. The summed E-state index contributed by atoms with van der Waals surface area (Å²) in [6.45, 7) is 0.465. The second-order valence-electron chi connectivity index (χ2n) is 8.17. The molecular weight excluding hydrogens is 430 g/mol. The van der Waals surface area contributed by atoms with Gasteiger partial charge in [0, 0.05) is 11.1 Å². The van der Waals surface area contributed by atoms with Crippen LogP contribution in [0.1, 0.15) is 11.1 Å². The Bertz CT molecular complexity index is 1490. The molecule has 2 N–H and O–H groups in total. The van der Waals surface area contributed by atoms with Gasteiger partial charge in [0.2, 0.25) is 0 Å². The zero-order valence-corrected chi connectivity index (χ0v) is 19.1. The maximum atomic E-state index is 9.80. The van der Waals surface area contributed by atoms with Crippen LogP contribution < -0.4 is 10.5 Å². The highest BCUT2D eigenvalue weighted by Gasteiger charge is 2.14. The molecule has 35 heavy (non-hydrogen) atoms. The third-order valence-corrected chi connectivity index (χ3v) is 5.84. The predicted molar refractivity (Wildman–Crippen MR) is 140 cm³/mol. The average molecular weight is 454 g/mol. The summed E-state index contributed by atoms with van der Waals surface area (Å²) in [4.78, 5) is 4.53. The molecule has 0 bridgehead atoms. The van der Waals surface area contributed by atoms with Gasteiger partial charge in [0.15, 0.2) is 0 Å². The number of nitrogen functional groups attached to an aromatic ring is 1. The van der Waals surface area contributed by atoms with Gasteiger partial charge in [-0.1, -0.05) is 97.1 Å². The van der Waals surface area contributed by atoms with Crippen LogP contribution in [-0.2, 0) is 6.61 Å². The van der Waals surface area contributed by atoms with Gasteiger partial charge in [-0.2, -0.15) is 5.26 Å². The van der Waals surface area contributed by atoms with E-state index < -0.39 is 0 Å². The first-order chi connectivity index (χ1) is 17.2. The molecule has 5 aromatic rings. The van der Waals surface area contributed by atoms with Crippen molar-refractivity contribution in [1.29, 1.82) is 5.26 Å². The first-order valence-electron chi connectivity index (χ1n) is 11.3. The smallest absolute Gasteiger partial charge is 0.142 e. The molecule has 4 heteroatoms. The number of nitriles is 1. The molecule has 0 atom stereocenters. The third kappa shape index (κ3) is 4.90. The lowest BCUT2D eigenvalue weighted by Gasteiger charge is -2.12. The van der Waals surface area contributed by atoms with Crippen molar-refractivity contribution in [3.8, 4) is 45.3 Å². The Balaban J connectivity index is 1.47. The Kier molecular flexibility index (Phi) is 6.23. The van der Waals surface area contributed by atoms with Crippen LogP contribution in [0.25, 0.3) is 33.5 Å². The number of rotatable bonds is 6. The second-order valence-corrected chi connectivity index (χ2v) is 8.17. The molecule has 5 rings (SSSR count). The van der Waals surface area contributed by atoms with Crippen LogP contribution in [0, 0.1) is 11.3 Å². The number of nitrogens with two attached hydrogens (primary N) is 1. The first kappa shape index (κ1) is 21.9. The highest BCUT2D eigenvalue weighted by molar-refractivity contribution is 5.81. The zero-order chi connectivity index (χ0) is 24.0. The van der Waals surface area contributed by atoms with Crippen molar-refractivity contribution in [2.24, 2.45) is 0 Å². The number of benzene rings is 4. The lowest BCUT2D eigenvalue weighted by atomic mass is 9.97. The largest absolute Gasteiger partial charge is 0.489 e. The normalized spacial score (nSPS) is 10.5. The Morgan fingerprint density at radius 3 is 2.03 bits per heavy atom. The van der Waals surface area contributed by atoms with Gasteiger partial charge >= 0.3 is 0 Å². The number of hydrogen-bond donors (Lipinski definition) is 1. The molecule has 4 aromatic carbocycles. The summed E-state index contributed by atoms with van der Waals surface area (Å²) in [6, 6.07) is 40.3. The minimum absolute atomic E-state index is 0.211. The molecule has 1 heterocycles. The minimum atomic E-state index is 0.211. The van der Waals surface area contributed by atoms with Crippen LogP contribution in [0.15, 0.2) is 115 Å². The summed E-state index contributed by atoms with van der Waals surface area (Å²) in [5.74, 6) is 0.933. The fraction of sp³-hybridized carbons (Fsp3) is 0.0323. The van der Waals surface area contributed by atoms with Gasteiger partial charge in [0.05, 0.1) is 5.69 Å². The molecule has 0 aliphatic carbocycles. The van der Waals surface area contributed by atoms with E-state index in [2.05, 4.69) is 35.3 Å². The second kappa shape index (κ2) is 9.94. The number of anilines is 1. The van der Waals surface area contributed by atoms with Crippen molar-refractivity contribution in [3.63, 3.8) is 0 Å². The van der Waals surface area contributed by atoms with Crippen molar-refractivity contribution in [2.45, 2.75) is 6.61 Å². The van der Waals surface area contributed by atoms with Gasteiger partial charge in [0.1, 0.15) is 29.8 Å². The van der Waals surface area contributed by atoms with Crippen LogP contribution in [0.5, 0.6) is 5.75 Å². The van der Waals surface area contributed by atoms with Crippen molar-refractivity contribution in [1.82, 2.24) is 4.98 Å². The minimum Gasteiger partial charge on any atom is -0.489 e. The van der Waals surface area contributed by atoms with Crippen LogP contribution in [-0.4, -0.2) is 4.98 Å². The summed E-state index contributed by atoms with van der Waals surface area (Å²) >= 11 is 0. The standard InChI is InChI=1S/C31H23N3O/c32-20-29-28(26-12-7-13-27(18-26)35-21-22-8-3-1-4-9-22)19-30(34-31(29)33)25-16-14-24(15-17-25)23-10-5-2-6-11-23/h1-19H,21H2,(H2,33,34). The molecule has 0 saturated heterocycles. The number of aromatic nitrogens is 1. The average Bonchev–Trinajstić information content (AvgIpc) is 2.93. The lowest BCUT2D eigenvalue weighted by molar-refractivity contribution is 0.306. The van der Waals surface area contributed by atoms with Crippen LogP contribution in [0.4, 0.5) is 5.82 Å². The fourth-order valence-corrected chi connectivity index (χ4v) is 4.02. The summed E-state index contributed by atoms with van der Waals surface area (Å²) in [6.07, 6.45) is 0. The van der Waals surface area contributed by atoms with E-state index in [1.54, 1.807) is 0 Å². The molecule has 0 amide bonds. The van der Waals surface area contributed by atoms with Gasteiger partial charge in [-0.15, -0.1) is 0 Å². The number of pyridine rings is 1. The van der Waals surface area contributed by atoms with Gasteiger partial charge < -0.3 is 10.5 Å². The third-order valence-electron chi connectivity index (χ3n) is 5.84. The van der Waals surface area contributed by atoms with E-state index in [0.717, 1.165) is 39.1 Å². The summed E-state index contributed by atoms with van der Waals surface area (Å²) in [5.41, 5.74) is 13.2. The molecule has 0 radical (unpaired) electrons. The van der Waals surface area contributed by atoms with Crippen molar-refractivity contribution in [3.05, 3.63) is 126 Å². The van der Waals surface area contributed by atoms with Crippen LogP contribution in [0.3, 0.4) is 0 Å². The van der Waals surface area contributed by atoms with Crippen LogP contribution >= 0.6 is 0 Å². The topological polar surface area (TPSA) is 71.9 Å². The van der Waals surface area contributed by atoms with E-state index in [1.807, 2.05) is 91.0 Å². The monoisotopic (exact) mass is 453 g/mol. The molecule has 168 valence electrons. The summed E-state index contributed by atoms with van der Waals surface area (Å²) in [7, 11) is 0.